The molecule has 27 heavy (non-hydrogen) atoms. The van der Waals surface area contributed by atoms with Crippen LogP contribution in [0.3, 0.4) is 0 Å². The van der Waals surface area contributed by atoms with Crippen LogP contribution in [0, 0.1) is 13.8 Å². The zero-order valence-corrected chi connectivity index (χ0v) is 16.4. The van der Waals surface area contributed by atoms with Gasteiger partial charge in [-0.25, -0.2) is 24.6 Å². The maximum atomic E-state index is 12.8. The molecule has 0 saturated carbocycles. The largest absolute Gasteiger partial charge is 0.319 e. The highest BCUT2D eigenvalue weighted by atomic mass is 16.2. The molecule has 0 fully saturated rings. The van der Waals surface area contributed by atoms with E-state index in [9.17, 15) is 4.79 Å². The van der Waals surface area contributed by atoms with Crippen molar-refractivity contribution in [3.05, 3.63) is 46.3 Å². The van der Waals surface area contributed by atoms with Crippen molar-refractivity contribution in [1.29, 1.82) is 0 Å². The van der Waals surface area contributed by atoms with Crippen LogP contribution in [0.1, 0.15) is 66.9 Å². The van der Waals surface area contributed by atoms with E-state index in [-0.39, 0.29) is 12.1 Å². The first-order valence-electron chi connectivity index (χ1n) is 9.49. The van der Waals surface area contributed by atoms with Crippen LogP contribution >= 0.6 is 0 Å². The van der Waals surface area contributed by atoms with Gasteiger partial charge in [-0.15, -0.1) is 0 Å². The normalized spacial score (nSPS) is 18.6. The number of hydrogen-bond acceptors (Lipinski definition) is 5. The molecule has 2 aromatic rings. The van der Waals surface area contributed by atoms with Crippen molar-refractivity contribution >= 4 is 12.2 Å². The third-order valence-electron chi connectivity index (χ3n) is 5.11. The maximum Gasteiger partial charge on any atom is 0.274 e. The van der Waals surface area contributed by atoms with E-state index >= 15 is 0 Å². The molecule has 4 heterocycles. The summed E-state index contributed by atoms with van der Waals surface area (Å²) in [6.45, 7) is 10.1. The first kappa shape index (κ1) is 17.5. The summed E-state index contributed by atoms with van der Waals surface area (Å²) in [5, 5.41) is 5.13. The van der Waals surface area contributed by atoms with Crippen LogP contribution in [-0.4, -0.2) is 31.5 Å². The Kier molecular flexibility index (Phi) is 4.13. The second-order valence-electron chi connectivity index (χ2n) is 6.85. The Labute approximate surface area is 158 Å². The van der Waals surface area contributed by atoms with Gasteiger partial charge in [0.05, 0.1) is 22.8 Å². The zero-order valence-electron chi connectivity index (χ0n) is 16.4. The monoisotopic (exact) mass is 367 g/mol. The summed E-state index contributed by atoms with van der Waals surface area (Å²) in [6, 6.07) is 0. The van der Waals surface area contributed by atoms with Crippen LogP contribution in [-0.2, 0) is 12.8 Å². The van der Waals surface area contributed by atoms with Gasteiger partial charge in [0, 0.05) is 19.0 Å². The summed E-state index contributed by atoms with van der Waals surface area (Å²) in [5.41, 5.74) is 4.02. The van der Waals surface area contributed by atoms with Gasteiger partial charge in [0.2, 0.25) is 0 Å². The zero-order chi connectivity index (χ0) is 19.3. The predicted molar refractivity (Wildman–Crippen MR) is 103 cm³/mol. The molecule has 2 aliphatic heterocycles. The number of carbonyl (C=O) groups is 1. The summed E-state index contributed by atoms with van der Waals surface area (Å²) in [5.74, 6) is 1.73. The fraction of sp³-hybridized carbons (Fsp3) is 0.474. The molecule has 8 heteroatoms. The molecule has 1 atom stereocenters. The van der Waals surface area contributed by atoms with E-state index < -0.39 is 0 Å². The lowest BCUT2D eigenvalue weighted by Gasteiger charge is -2.40. The third kappa shape index (κ3) is 2.50. The van der Waals surface area contributed by atoms with Gasteiger partial charge >= 0.3 is 0 Å². The molecule has 2 aromatic heterocycles. The first-order chi connectivity index (χ1) is 13.0. The van der Waals surface area contributed by atoms with Crippen LogP contribution in [0.2, 0.25) is 0 Å². The molecule has 1 N–H and O–H groups in total. The number of carbonyl (C=O) groups excluding carboxylic acids is 1. The molecule has 1 amide bonds. The van der Waals surface area contributed by atoms with Crippen molar-refractivity contribution in [3.63, 3.8) is 0 Å². The average Bonchev–Trinajstić information content (AvgIpc) is 3.20. The topological polar surface area (TPSA) is 80.3 Å². The number of rotatable bonds is 4. The number of aliphatic imine (C=N–C) groups is 1. The maximum absolute atomic E-state index is 12.8. The molecule has 4 rings (SSSR count). The van der Waals surface area contributed by atoms with Gasteiger partial charge in [-0.1, -0.05) is 20.8 Å². The molecule has 0 saturated heterocycles. The van der Waals surface area contributed by atoms with E-state index in [4.69, 9.17) is 0 Å². The molecule has 2 aliphatic rings. The van der Waals surface area contributed by atoms with E-state index in [0.29, 0.717) is 5.69 Å². The van der Waals surface area contributed by atoms with Crippen LogP contribution in [0.15, 0.2) is 22.6 Å². The van der Waals surface area contributed by atoms with Crippen LogP contribution in [0.25, 0.3) is 0 Å². The van der Waals surface area contributed by atoms with Crippen molar-refractivity contribution in [1.82, 2.24) is 24.5 Å². The van der Waals surface area contributed by atoms with Gasteiger partial charge in [0.15, 0.2) is 6.17 Å². The summed E-state index contributed by atoms with van der Waals surface area (Å²) >= 11 is 0. The summed E-state index contributed by atoms with van der Waals surface area (Å²) in [7, 11) is 0. The summed E-state index contributed by atoms with van der Waals surface area (Å²) < 4.78 is 4.09. The van der Waals surface area contributed by atoms with Crippen molar-refractivity contribution < 1.29 is 4.79 Å². The molecular formula is C19H25N7O. The molecule has 0 bridgehead atoms. The number of fused-ring (bicyclic) bond motifs is 3. The number of nitrogens with one attached hydrogen (secondary N) is 1. The SMILES string of the molecule is CCC1=C2NC(=O)c3c(C)nc(CC)n3C2N(n2cc(C)nc2CC)C=N1. The van der Waals surface area contributed by atoms with Crippen molar-refractivity contribution in [2.45, 2.75) is 60.0 Å². The lowest BCUT2D eigenvalue weighted by atomic mass is 10.1. The van der Waals surface area contributed by atoms with Crippen molar-refractivity contribution in [2.24, 2.45) is 4.99 Å². The van der Waals surface area contributed by atoms with E-state index in [2.05, 4.69) is 38.7 Å². The number of amides is 1. The van der Waals surface area contributed by atoms with Gasteiger partial charge in [0.1, 0.15) is 23.7 Å². The van der Waals surface area contributed by atoms with Gasteiger partial charge in [-0.3, -0.25) is 9.36 Å². The number of aryl methyl sites for hydroxylation is 4. The van der Waals surface area contributed by atoms with E-state index in [1.807, 2.05) is 43.0 Å². The molecule has 0 radical (unpaired) electrons. The second-order valence-corrected chi connectivity index (χ2v) is 6.85. The molecular weight excluding hydrogens is 342 g/mol. The van der Waals surface area contributed by atoms with Crippen LogP contribution in [0.5, 0.6) is 0 Å². The molecule has 0 aromatic carbocycles. The van der Waals surface area contributed by atoms with Gasteiger partial charge < -0.3 is 5.32 Å². The lowest BCUT2D eigenvalue weighted by Crippen LogP contribution is -2.51. The highest BCUT2D eigenvalue weighted by Crippen LogP contribution is 2.34. The Morgan fingerprint density at radius 1 is 1.07 bits per heavy atom. The average molecular weight is 367 g/mol. The van der Waals surface area contributed by atoms with Gasteiger partial charge in [0.25, 0.3) is 5.91 Å². The second kappa shape index (κ2) is 6.37. The number of allylic oxidation sites excluding steroid dienone is 1. The third-order valence-corrected chi connectivity index (χ3v) is 5.11. The number of hydrogen-bond donors (Lipinski definition) is 1. The molecule has 142 valence electrons. The Morgan fingerprint density at radius 3 is 2.48 bits per heavy atom. The number of imidazole rings is 2. The predicted octanol–water partition coefficient (Wildman–Crippen LogP) is 2.36. The minimum Gasteiger partial charge on any atom is -0.319 e. The van der Waals surface area contributed by atoms with E-state index in [1.165, 1.54) is 0 Å². The van der Waals surface area contributed by atoms with E-state index in [1.54, 1.807) is 0 Å². The van der Waals surface area contributed by atoms with Gasteiger partial charge in [-0.2, -0.15) is 0 Å². The van der Waals surface area contributed by atoms with Gasteiger partial charge in [-0.05, 0) is 20.3 Å². The Hall–Kier alpha value is -2.90. The Balaban J connectivity index is 1.97. The van der Waals surface area contributed by atoms with E-state index in [0.717, 1.165) is 53.7 Å². The molecule has 1 unspecified atom stereocenters. The highest BCUT2D eigenvalue weighted by molar-refractivity contribution is 5.97. The minimum absolute atomic E-state index is 0.119. The van der Waals surface area contributed by atoms with Crippen molar-refractivity contribution in [3.8, 4) is 0 Å². The molecule has 0 spiro atoms. The van der Waals surface area contributed by atoms with Crippen LogP contribution in [0.4, 0.5) is 0 Å². The first-order valence-corrected chi connectivity index (χ1v) is 9.49. The number of nitrogens with zero attached hydrogens (tertiary/aromatic N) is 6. The quantitative estimate of drug-likeness (QED) is 0.900. The molecule has 0 aliphatic carbocycles. The van der Waals surface area contributed by atoms with Crippen molar-refractivity contribution in [2.75, 3.05) is 5.01 Å². The minimum atomic E-state index is -0.236. The molecule has 8 nitrogen and oxygen atoms in total. The fourth-order valence-corrected chi connectivity index (χ4v) is 3.93. The number of aromatic nitrogens is 4. The lowest BCUT2D eigenvalue weighted by molar-refractivity contribution is 0.0931. The summed E-state index contributed by atoms with van der Waals surface area (Å²) in [4.78, 5) is 26.7. The smallest absolute Gasteiger partial charge is 0.274 e. The Morgan fingerprint density at radius 2 is 1.81 bits per heavy atom. The highest BCUT2D eigenvalue weighted by Gasteiger charge is 2.40. The Bertz CT molecular complexity index is 979. The summed E-state index contributed by atoms with van der Waals surface area (Å²) in [6.07, 6.45) is 5.89. The fourth-order valence-electron chi connectivity index (χ4n) is 3.93. The standard InChI is InChI=1S/C19H25N7O/c1-6-13-16-19(25(10-20-13)24-9-11(4)21-14(24)7-2)26-15(8-3)22-12(5)17(26)18(27)23-16/h9-10,19H,6-8H2,1-5H3,(H,23,27). The van der Waals surface area contributed by atoms with Crippen LogP contribution < -0.4 is 10.3 Å².